The number of carbonyl (C=O) groups is 1. The van der Waals surface area contributed by atoms with Gasteiger partial charge in [-0.15, -0.1) is 0 Å². The van der Waals surface area contributed by atoms with Crippen molar-refractivity contribution < 1.29 is 9.90 Å². The smallest absolute Gasteiger partial charge is 0.356 e. The maximum Gasteiger partial charge on any atom is 0.356 e. The molecule has 0 atom stereocenters. The van der Waals surface area contributed by atoms with Gasteiger partial charge in [-0.25, -0.2) is 14.8 Å². The van der Waals surface area contributed by atoms with E-state index in [1.54, 1.807) is 13.1 Å². The minimum Gasteiger partial charge on any atom is -0.476 e. The first-order valence-corrected chi connectivity index (χ1v) is 5.69. The third kappa shape index (κ3) is 1.51. The molecule has 0 aliphatic carbocycles. The van der Waals surface area contributed by atoms with Crippen molar-refractivity contribution in [2.45, 2.75) is 6.92 Å². The average molecular weight is 248 g/mol. The highest BCUT2D eigenvalue weighted by atomic mass is 32.1. The standard InChI is InChI=1S/C10H8N4O2S/c1-5-7(9(15)16)13-8(12-5)6-4-14-3-2-11-10(14)17-6/h2-4H,1H3,(H,12,13)(H,15,16). The van der Waals surface area contributed by atoms with E-state index in [1.807, 2.05) is 16.8 Å². The van der Waals surface area contributed by atoms with E-state index in [0.29, 0.717) is 11.5 Å². The van der Waals surface area contributed by atoms with Crippen molar-refractivity contribution in [3.8, 4) is 10.7 Å². The monoisotopic (exact) mass is 248 g/mol. The van der Waals surface area contributed by atoms with Gasteiger partial charge in [-0.05, 0) is 6.92 Å². The summed E-state index contributed by atoms with van der Waals surface area (Å²) in [6.45, 7) is 1.69. The van der Waals surface area contributed by atoms with Crippen LogP contribution >= 0.6 is 11.3 Å². The van der Waals surface area contributed by atoms with Crippen LogP contribution in [0.15, 0.2) is 18.6 Å². The number of hydrogen-bond acceptors (Lipinski definition) is 4. The van der Waals surface area contributed by atoms with Crippen molar-refractivity contribution in [2.75, 3.05) is 0 Å². The lowest BCUT2D eigenvalue weighted by atomic mass is 10.4. The van der Waals surface area contributed by atoms with Crippen molar-refractivity contribution in [1.82, 2.24) is 19.4 Å². The number of imidazole rings is 2. The lowest BCUT2D eigenvalue weighted by Crippen LogP contribution is -1.98. The number of carboxylic acid groups (broad SMARTS) is 1. The van der Waals surface area contributed by atoms with Gasteiger partial charge in [0.25, 0.3) is 0 Å². The predicted octanol–water partition coefficient (Wildman–Crippen LogP) is 1.79. The molecule has 0 saturated carbocycles. The Labute approximate surface area is 99.6 Å². The van der Waals surface area contributed by atoms with Gasteiger partial charge in [0.2, 0.25) is 0 Å². The van der Waals surface area contributed by atoms with Crippen molar-refractivity contribution in [2.24, 2.45) is 0 Å². The number of H-pyrrole nitrogens is 1. The van der Waals surface area contributed by atoms with Gasteiger partial charge in [-0.2, -0.15) is 0 Å². The maximum absolute atomic E-state index is 10.9. The zero-order valence-corrected chi connectivity index (χ0v) is 9.65. The average Bonchev–Trinajstić information content (AvgIpc) is 2.88. The van der Waals surface area contributed by atoms with Crippen LogP contribution < -0.4 is 0 Å². The van der Waals surface area contributed by atoms with Gasteiger partial charge in [-0.3, -0.25) is 4.40 Å². The van der Waals surface area contributed by atoms with Crippen molar-refractivity contribution in [3.63, 3.8) is 0 Å². The highest BCUT2D eigenvalue weighted by Gasteiger charge is 2.16. The number of nitrogens with zero attached hydrogens (tertiary/aromatic N) is 3. The summed E-state index contributed by atoms with van der Waals surface area (Å²) in [6.07, 6.45) is 5.42. The summed E-state index contributed by atoms with van der Waals surface area (Å²) in [5, 5.41) is 8.93. The molecule has 0 aromatic carbocycles. The van der Waals surface area contributed by atoms with Crippen molar-refractivity contribution in [3.05, 3.63) is 30.0 Å². The van der Waals surface area contributed by atoms with Gasteiger partial charge in [0, 0.05) is 24.3 Å². The maximum atomic E-state index is 10.9. The van der Waals surface area contributed by atoms with E-state index in [-0.39, 0.29) is 5.69 Å². The number of thiazole rings is 1. The Kier molecular flexibility index (Phi) is 2.02. The molecule has 0 radical (unpaired) electrons. The van der Waals surface area contributed by atoms with E-state index >= 15 is 0 Å². The molecule has 0 saturated heterocycles. The van der Waals surface area contributed by atoms with Crippen molar-refractivity contribution >= 4 is 22.3 Å². The molecule has 3 aromatic rings. The summed E-state index contributed by atoms with van der Waals surface area (Å²) >= 11 is 1.46. The summed E-state index contributed by atoms with van der Waals surface area (Å²) in [5.41, 5.74) is 0.615. The topological polar surface area (TPSA) is 83.3 Å². The van der Waals surface area contributed by atoms with Crippen LogP contribution in [0.1, 0.15) is 16.2 Å². The quantitative estimate of drug-likeness (QED) is 0.724. The van der Waals surface area contributed by atoms with Crippen molar-refractivity contribution in [1.29, 1.82) is 0 Å². The summed E-state index contributed by atoms with van der Waals surface area (Å²) in [7, 11) is 0. The third-order valence-corrected chi connectivity index (χ3v) is 3.43. The number of aromatic nitrogens is 4. The molecule has 0 bridgehead atoms. The number of nitrogens with one attached hydrogen (secondary N) is 1. The minimum absolute atomic E-state index is 0.0611. The van der Waals surface area contributed by atoms with Crippen LogP contribution in [0.3, 0.4) is 0 Å². The lowest BCUT2D eigenvalue weighted by molar-refractivity contribution is 0.0690. The summed E-state index contributed by atoms with van der Waals surface area (Å²) in [4.78, 5) is 23.8. The fourth-order valence-electron chi connectivity index (χ4n) is 1.62. The van der Waals surface area contributed by atoms with E-state index in [2.05, 4.69) is 15.0 Å². The molecule has 6 nitrogen and oxygen atoms in total. The number of aromatic carboxylic acids is 1. The Morgan fingerprint density at radius 3 is 3.06 bits per heavy atom. The van der Waals surface area contributed by atoms with E-state index in [0.717, 1.165) is 9.84 Å². The second kappa shape index (κ2) is 3.42. The number of aromatic amines is 1. The molecule has 0 fully saturated rings. The number of aryl methyl sites for hydroxylation is 1. The first kappa shape index (κ1) is 10.0. The Morgan fingerprint density at radius 1 is 1.59 bits per heavy atom. The second-order valence-electron chi connectivity index (χ2n) is 3.58. The van der Waals surface area contributed by atoms with Gasteiger partial charge < -0.3 is 10.1 Å². The summed E-state index contributed by atoms with van der Waals surface area (Å²) in [5.74, 6) is -0.457. The third-order valence-electron chi connectivity index (χ3n) is 2.41. The number of rotatable bonds is 2. The van der Waals surface area contributed by atoms with Crippen LogP contribution in [0.2, 0.25) is 0 Å². The molecule has 3 heterocycles. The molecular weight excluding hydrogens is 240 g/mol. The zero-order valence-electron chi connectivity index (χ0n) is 8.84. The normalized spacial score (nSPS) is 11.1. The largest absolute Gasteiger partial charge is 0.476 e. The molecule has 0 spiro atoms. The minimum atomic E-state index is -1.02. The molecule has 0 aliphatic heterocycles. The molecular formula is C10H8N4O2S. The first-order valence-electron chi connectivity index (χ1n) is 4.88. The van der Waals surface area contributed by atoms with Gasteiger partial charge >= 0.3 is 5.97 Å². The number of fused-ring (bicyclic) bond motifs is 1. The molecule has 3 rings (SSSR count). The van der Waals surface area contributed by atoms with Gasteiger partial charge in [-0.1, -0.05) is 11.3 Å². The molecule has 2 N–H and O–H groups in total. The van der Waals surface area contributed by atoms with E-state index in [4.69, 9.17) is 5.11 Å². The SMILES string of the molecule is Cc1[nH]c(-c2cn3ccnc3s2)nc1C(=O)O. The molecule has 86 valence electrons. The molecule has 0 amide bonds. The van der Waals surface area contributed by atoms with Crippen LogP contribution in [0.4, 0.5) is 0 Å². The Bertz CT molecular complexity index is 680. The fourth-order valence-corrected chi connectivity index (χ4v) is 2.51. The molecule has 0 unspecified atom stereocenters. The summed E-state index contributed by atoms with van der Waals surface area (Å²) < 4.78 is 1.87. The lowest BCUT2D eigenvalue weighted by Gasteiger charge is -1.86. The van der Waals surface area contributed by atoms with Crippen LogP contribution in [-0.2, 0) is 0 Å². The molecule has 17 heavy (non-hydrogen) atoms. The van der Waals surface area contributed by atoms with Gasteiger partial charge in [0.05, 0.1) is 4.88 Å². The predicted molar refractivity (Wildman–Crippen MR) is 62.3 cm³/mol. The number of carboxylic acids is 1. The van der Waals surface area contributed by atoms with Crippen LogP contribution in [0.5, 0.6) is 0 Å². The van der Waals surface area contributed by atoms with Gasteiger partial charge in [0.15, 0.2) is 10.7 Å². The van der Waals surface area contributed by atoms with Crippen LogP contribution in [0, 0.1) is 6.92 Å². The Morgan fingerprint density at radius 2 is 2.41 bits per heavy atom. The Balaban J connectivity index is 2.12. The molecule has 7 heteroatoms. The van der Waals surface area contributed by atoms with E-state index < -0.39 is 5.97 Å². The number of hydrogen-bond donors (Lipinski definition) is 2. The molecule has 3 aromatic heterocycles. The van der Waals surface area contributed by atoms with E-state index in [9.17, 15) is 4.79 Å². The van der Waals surface area contributed by atoms with Crippen LogP contribution in [-0.4, -0.2) is 30.4 Å². The van der Waals surface area contributed by atoms with Crippen LogP contribution in [0.25, 0.3) is 15.7 Å². The second-order valence-corrected chi connectivity index (χ2v) is 4.59. The summed E-state index contributed by atoms with van der Waals surface area (Å²) in [6, 6.07) is 0. The Hall–Kier alpha value is -2.15. The zero-order chi connectivity index (χ0) is 12.0. The highest BCUT2D eigenvalue weighted by Crippen LogP contribution is 2.26. The highest BCUT2D eigenvalue weighted by molar-refractivity contribution is 7.20. The van der Waals surface area contributed by atoms with Gasteiger partial charge in [0.1, 0.15) is 5.82 Å². The van der Waals surface area contributed by atoms with E-state index in [1.165, 1.54) is 11.3 Å². The fraction of sp³-hybridized carbons (Fsp3) is 0.100. The molecule has 0 aliphatic rings. The first-order chi connectivity index (χ1) is 8.15.